The van der Waals surface area contributed by atoms with Crippen LogP contribution < -0.4 is 15.4 Å². The van der Waals surface area contributed by atoms with Crippen molar-refractivity contribution in [1.29, 1.82) is 5.26 Å². The number of hydrogen-bond donors (Lipinski definition) is 2. The molecule has 2 saturated carbocycles. The summed E-state index contributed by atoms with van der Waals surface area (Å²) in [4.78, 5) is 60.0. The monoisotopic (exact) mass is 620 g/mol. The van der Waals surface area contributed by atoms with Crippen molar-refractivity contribution in [3.8, 4) is 11.8 Å². The summed E-state index contributed by atoms with van der Waals surface area (Å²) >= 11 is 0. The Labute approximate surface area is 250 Å². The summed E-state index contributed by atoms with van der Waals surface area (Å²) in [7, 11) is 0. The summed E-state index contributed by atoms with van der Waals surface area (Å²) in [5.41, 5.74) is -2.80. The first-order valence-corrected chi connectivity index (χ1v) is 14.5. The van der Waals surface area contributed by atoms with E-state index in [1.54, 1.807) is 20.8 Å². The van der Waals surface area contributed by atoms with E-state index in [1.807, 2.05) is 6.07 Å². The molecule has 1 aromatic rings. The van der Waals surface area contributed by atoms with Gasteiger partial charge in [-0.3, -0.25) is 19.2 Å². The first-order valence-electron chi connectivity index (χ1n) is 14.5. The van der Waals surface area contributed by atoms with Crippen LogP contribution in [0.3, 0.4) is 0 Å². The maximum Gasteiger partial charge on any atom is 0.315 e. The van der Waals surface area contributed by atoms with Crippen LogP contribution >= 0.6 is 0 Å². The average molecular weight is 621 g/mol. The van der Waals surface area contributed by atoms with Gasteiger partial charge in [0.25, 0.3) is 11.8 Å². The fraction of sp³-hybridized carbons (Fsp3) is 0.655. The zero-order valence-corrected chi connectivity index (χ0v) is 24.2. The summed E-state index contributed by atoms with van der Waals surface area (Å²) < 4.78 is 61.4. The van der Waals surface area contributed by atoms with Crippen molar-refractivity contribution in [2.24, 2.45) is 29.1 Å². The van der Waals surface area contributed by atoms with Gasteiger partial charge in [0.05, 0.1) is 18.8 Å². The maximum atomic E-state index is 15.1. The van der Waals surface area contributed by atoms with Crippen LogP contribution in [0.2, 0.25) is 0 Å². The molecule has 5 aliphatic rings. The van der Waals surface area contributed by atoms with Gasteiger partial charge in [-0.25, -0.2) is 13.8 Å². The number of likely N-dealkylation sites (tertiary alicyclic amines) is 2. The fourth-order valence-corrected chi connectivity index (χ4v) is 7.97. The lowest BCUT2D eigenvalue weighted by atomic mass is 9.77. The summed E-state index contributed by atoms with van der Waals surface area (Å²) in [5, 5.41) is 14.7. The highest BCUT2D eigenvalue weighted by atomic mass is 19.3. The molecule has 1 unspecified atom stereocenters. The SMILES string of the molecule is CC(C)(C)[C@H](NC(=O)C(F)F)C(=O)N1CC2[C@H]3C[C@@H]([C@@H]2[C@H]1C(=O)N1C[C@@]2(C[C@H]1C#N)Oc1cc(F)cnc1NC2=O)[C@H](F)C3. The first kappa shape index (κ1) is 30.1. The molecule has 236 valence electrons. The van der Waals surface area contributed by atoms with Gasteiger partial charge in [0.2, 0.25) is 17.4 Å². The number of amides is 4. The highest BCUT2D eigenvalue weighted by Crippen LogP contribution is 2.59. The third-order valence-electron chi connectivity index (χ3n) is 9.93. The minimum absolute atomic E-state index is 0.0225. The summed E-state index contributed by atoms with van der Waals surface area (Å²) in [6.45, 7) is 4.39. The van der Waals surface area contributed by atoms with Gasteiger partial charge in [0.1, 0.15) is 30.1 Å². The van der Waals surface area contributed by atoms with E-state index in [4.69, 9.17) is 4.74 Å². The molecule has 0 radical (unpaired) electrons. The highest BCUT2D eigenvalue weighted by Gasteiger charge is 2.65. The number of nitriles is 1. The number of nitrogens with one attached hydrogen (secondary N) is 2. The summed E-state index contributed by atoms with van der Waals surface area (Å²) in [5.74, 6) is -6.12. The Balaban J connectivity index is 1.34. The number of nitrogens with zero attached hydrogens (tertiary/aromatic N) is 4. The summed E-state index contributed by atoms with van der Waals surface area (Å²) in [6.07, 6.45) is -3.14. The molecular weight excluding hydrogens is 588 g/mol. The van der Waals surface area contributed by atoms with Crippen molar-refractivity contribution < 1.29 is 41.5 Å². The molecular formula is C29H32F4N6O5. The van der Waals surface area contributed by atoms with Crippen LogP contribution in [0.25, 0.3) is 0 Å². The highest BCUT2D eigenvalue weighted by molar-refractivity contribution is 6.01. The number of aromatic nitrogens is 1. The molecule has 4 fully saturated rings. The Bertz CT molecular complexity index is 1460. The zero-order chi connectivity index (χ0) is 31.9. The van der Waals surface area contributed by atoms with Crippen molar-refractivity contribution in [2.45, 2.75) is 76.4 Å². The van der Waals surface area contributed by atoms with Gasteiger partial charge in [-0.05, 0) is 41.9 Å². The molecule has 9 atom stereocenters. The normalized spacial score (nSPS) is 34.3. The molecule has 6 rings (SSSR count). The molecule has 2 aliphatic carbocycles. The zero-order valence-electron chi connectivity index (χ0n) is 24.2. The van der Waals surface area contributed by atoms with Crippen LogP contribution in [-0.4, -0.2) is 87.8 Å². The topological polar surface area (TPSA) is 145 Å². The number of halogens is 4. The number of carbonyl (C=O) groups is 4. The number of hydrogen-bond acceptors (Lipinski definition) is 7. The lowest BCUT2D eigenvalue weighted by Gasteiger charge is -2.39. The maximum absolute atomic E-state index is 15.1. The summed E-state index contributed by atoms with van der Waals surface area (Å²) in [6, 6.07) is -0.849. The standard InChI is InChI=1S/C29H32F4N6O5/c1-28(2,3)21(36-24(40)22(32)33)26(42)38-10-16-12-4-15(17(31)5-12)19(16)20(38)25(41)39-11-29(7-14(39)8-34)27(43)37-23-18(44-29)6-13(30)9-35-23/h6,9,12,14-17,19-22H,4-5,7,10-11H2,1-3H3,(H,36,40)(H,35,37,43)/t12-,14-,15+,16?,17+,19-,20-,21+,29+/m0/s1. The van der Waals surface area contributed by atoms with E-state index in [0.29, 0.717) is 6.42 Å². The Morgan fingerprint density at radius 2 is 1.95 bits per heavy atom. The second kappa shape index (κ2) is 10.3. The minimum atomic E-state index is -3.38. The third kappa shape index (κ3) is 4.64. The number of pyridine rings is 1. The quantitative estimate of drug-likeness (QED) is 0.490. The molecule has 4 heterocycles. The van der Waals surface area contributed by atoms with Crippen LogP contribution in [0.15, 0.2) is 12.3 Å². The number of carbonyl (C=O) groups excluding carboxylic acids is 4. The van der Waals surface area contributed by atoms with E-state index in [0.717, 1.165) is 17.2 Å². The number of anilines is 1. The van der Waals surface area contributed by atoms with E-state index in [9.17, 15) is 37.6 Å². The van der Waals surface area contributed by atoms with Gasteiger partial charge in [0, 0.05) is 19.0 Å². The predicted molar refractivity (Wildman–Crippen MR) is 143 cm³/mol. The van der Waals surface area contributed by atoms with Gasteiger partial charge in [-0.15, -0.1) is 0 Å². The molecule has 11 nitrogen and oxygen atoms in total. The Hall–Kier alpha value is -3.96. The molecule has 15 heteroatoms. The van der Waals surface area contributed by atoms with Gasteiger partial charge in [-0.2, -0.15) is 14.0 Å². The number of alkyl halides is 3. The largest absolute Gasteiger partial charge is 0.471 e. The fourth-order valence-electron chi connectivity index (χ4n) is 7.97. The molecule has 1 spiro atoms. The molecule has 2 N–H and O–H groups in total. The Morgan fingerprint density at radius 1 is 1.23 bits per heavy atom. The molecule has 1 aromatic heterocycles. The van der Waals surface area contributed by atoms with Gasteiger partial charge in [0.15, 0.2) is 11.6 Å². The van der Waals surface area contributed by atoms with Crippen LogP contribution in [0.5, 0.6) is 5.75 Å². The van der Waals surface area contributed by atoms with Crippen molar-refractivity contribution in [1.82, 2.24) is 20.1 Å². The molecule has 44 heavy (non-hydrogen) atoms. The molecule has 0 aromatic carbocycles. The first-order chi connectivity index (χ1) is 20.6. The van der Waals surface area contributed by atoms with Crippen LogP contribution in [0, 0.1) is 46.2 Å². The van der Waals surface area contributed by atoms with Crippen molar-refractivity contribution >= 4 is 29.4 Å². The number of fused-ring (bicyclic) bond motifs is 6. The van der Waals surface area contributed by atoms with E-state index >= 15 is 4.39 Å². The minimum Gasteiger partial charge on any atom is -0.471 e. The van der Waals surface area contributed by atoms with E-state index in [1.165, 1.54) is 4.90 Å². The Kier molecular flexibility index (Phi) is 7.05. The molecule has 2 saturated heterocycles. The van der Waals surface area contributed by atoms with E-state index in [-0.39, 0.29) is 42.8 Å². The van der Waals surface area contributed by atoms with Crippen LogP contribution in [0.1, 0.15) is 40.0 Å². The second-order valence-corrected chi connectivity index (χ2v) is 13.6. The number of rotatable bonds is 4. The molecule has 2 bridgehead atoms. The van der Waals surface area contributed by atoms with E-state index in [2.05, 4.69) is 15.6 Å². The smallest absolute Gasteiger partial charge is 0.315 e. The van der Waals surface area contributed by atoms with Crippen LogP contribution in [-0.2, 0) is 19.2 Å². The van der Waals surface area contributed by atoms with Gasteiger partial charge in [-0.1, -0.05) is 20.8 Å². The van der Waals surface area contributed by atoms with Crippen LogP contribution in [0.4, 0.5) is 23.4 Å². The molecule has 3 aliphatic heterocycles. The third-order valence-corrected chi connectivity index (χ3v) is 9.93. The Morgan fingerprint density at radius 3 is 2.61 bits per heavy atom. The lowest BCUT2D eigenvalue weighted by molar-refractivity contribution is -0.150. The van der Waals surface area contributed by atoms with Crippen molar-refractivity contribution in [3.05, 3.63) is 18.1 Å². The van der Waals surface area contributed by atoms with Gasteiger partial charge >= 0.3 is 6.43 Å². The lowest BCUT2D eigenvalue weighted by Crippen LogP contribution is -2.60. The van der Waals surface area contributed by atoms with Gasteiger partial charge < -0.3 is 25.2 Å². The van der Waals surface area contributed by atoms with Crippen molar-refractivity contribution in [3.63, 3.8) is 0 Å². The van der Waals surface area contributed by atoms with E-state index < -0.39 is 89.6 Å². The predicted octanol–water partition coefficient (Wildman–Crippen LogP) is 2.03. The van der Waals surface area contributed by atoms with Crippen molar-refractivity contribution in [2.75, 3.05) is 18.4 Å². The number of ether oxygens (including phenoxy) is 1. The average Bonchev–Trinajstić information content (AvgIpc) is 3.70. The molecule has 4 amide bonds. The second-order valence-electron chi connectivity index (χ2n) is 13.6.